The second-order valence-electron chi connectivity index (χ2n) is 5.20. The Bertz CT molecular complexity index is 587. The molecule has 0 radical (unpaired) electrons. The summed E-state index contributed by atoms with van der Waals surface area (Å²) in [6, 6.07) is 6.56. The van der Waals surface area contributed by atoms with Gasteiger partial charge in [-0.1, -0.05) is 12.1 Å². The quantitative estimate of drug-likeness (QED) is 0.843. The molecule has 2 N–H and O–H groups in total. The fourth-order valence-electron chi connectivity index (χ4n) is 2.20. The Kier molecular flexibility index (Phi) is 6.02. The monoisotopic (exact) mass is 345 g/mol. The molecule has 1 aromatic carbocycles. The summed E-state index contributed by atoms with van der Waals surface area (Å²) in [7, 11) is 0. The van der Waals surface area contributed by atoms with Crippen LogP contribution in [-0.4, -0.2) is 62.3 Å². The third kappa shape index (κ3) is 5.41. The molecule has 24 heavy (non-hydrogen) atoms. The molecule has 0 bridgehead atoms. The Morgan fingerprint density at radius 1 is 1.17 bits per heavy atom. The maximum Gasteiger partial charge on any atom is 0.405 e. The number of halogens is 3. The standard InChI is InChI=1S/C15H18F3N3O3/c16-15(17,18)10-20-13(22)9-19-12-4-2-1-3-11(12)14(23)21-5-7-24-8-6-21/h1-4,19H,5-10H2,(H,20,22). The van der Waals surface area contributed by atoms with Gasteiger partial charge in [0.2, 0.25) is 5.91 Å². The summed E-state index contributed by atoms with van der Waals surface area (Å²) in [5.74, 6) is -1.02. The third-order valence-corrected chi connectivity index (χ3v) is 3.38. The van der Waals surface area contributed by atoms with Crippen LogP contribution >= 0.6 is 0 Å². The van der Waals surface area contributed by atoms with E-state index in [4.69, 9.17) is 4.74 Å². The number of hydrogen-bond donors (Lipinski definition) is 2. The molecule has 1 heterocycles. The molecule has 6 nitrogen and oxygen atoms in total. The van der Waals surface area contributed by atoms with Crippen molar-refractivity contribution in [1.82, 2.24) is 10.2 Å². The Labute approximate surface area is 137 Å². The van der Waals surface area contributed by atoms with Crippen LogP contribution in [0.5, 0.6) is 0 Å². The number of nitrogens with zero attached hydrogens (tertiary/aromatic N) is 1. The average Bonchev–Trinajstić information content (AvgIpc) is 2.58. The van der Waals surface area contributed by atoms with Crippen LogP contribution in [0, 0.1) is 0 Å². The molecule has 0 atom stereocenters. The Hall–Kier alpha value is -2.29. The first-order chi connectivity index (χ1) is 11.4. The van der Waals surface area contributed by atoms with Crippen LogP contribution in [0.25, 0.3) is 0 Å². The number of para-hydroxylation sites is 1. The Balaban J connectivity index is 1.96. The molecule has 1 aliphatic rings. The lowest BCUT2D eigenvalue weighted by molar-refractivity contribution is -0.137. The number of nitrogens with one attached hydrogen (secondary N) is 2. The summed E-state index contributed by atoms with van der Waals surface area (Å²) in [5.41, 5.74) is 0.763. The molecular formula is C15H18F3N3O3. The molecular weight excluding hydrogens is 327 g/mol. The van der Waals surface area contributed by atoms with Gasteiger partial charge < -0.3 is 20.3 Å². The van der Waals surface area contributed by atoms with E-state index in [2.05, 4.69) is 5.32 Å². The molecule has 0 unspecified atom stereocenters. The predicted molar refractivity (Wildman–Crippen MR) is 80.7 cm³/mol. The number of rotatable bonds is 5. The molecule has 0 saturated carbocycles. The maximum absolute atomic E-state index is 12.5. The van der Waals surface area contributed by atoms with Gasteiger partial charge in [-0.25, -0.2) is 0 Å². The minimum Gasteiger partial charge on any atom is -0.378 e. The summed E-state index contributed by atoms with van der Waals surface area (Å²) in [6.07, 6.45) is -4.46. The van der Waals surface area contributed by atoms with Gasteiger partial charge in [0, 0.05) is 18.8 Å². The molecule has 1 fully saturated rings. The summed E-state index contributed by atoms with van der Waals surface area (Å²) in [5, 5.41) is 4.48. The minimum atomic E-state index is -4.46. The Morgan fingerprint density at radius 3 is 2.50 bits per heavy atom. The molecule has 1 aromatic rings. The first kappa shape index (κ1) is 18.1. The van der Waals surface area contributed by atoms with Gasteiger partial charge in [0.25, 0.3) is 5.91 Å². The van der Waals surface area contributed by atoms with Crippen molar-refractivity contribution >= 4 is 17.5 Å². The van der Waals surface area contributed by atoms with E-state index in [9.17, 15) is 22.8 Å². The van der Waals surface area contributed by atoms with Crippen molar-refractivity contribution in [3.63, 3.8) is 0 Å². The molecule has 9 heteroatoms. The lowest BCUT2D eigenvalue weighted by Crippen LogP contribution is -2.41. The molecule has 0 aromatic heterocycles. The number of morpholine rings is 1. The van der Waals surface area contributed by atoms with Crippen molar-refractivity contribution in [2.45, 2.75) is 6.18 Å². The second kappa shape index (κ2) is 8.00. The van der Waals surface area contributed by atoms with Crippen molar-refractivity contribution in [2.75, 3.05) is 44.7 Å². The normalized spacial score (nSPS) is 15.0. The first-order valence-corrected chi connectivity index (χ1v) is 7.40. The lowest BCUT2D eigenvalue weighted by Gasteiger charge is -2.27. The number of anilines is 1. The van der Waals surface area contributed by atoms with E-state index in [1.54, 1.807) is 34.5 Å². The summed E-state index contributed by atoms with van der Waals surface area (Å²) < 4.78 is 41.4. The van der Waals surface area contributed by atoms with E-state index in [0.717, 1.165) is 0 Å². The molecule has 1 saturated heterocycles. The number of carbonyl (C=O) groups excluding carboxylic acids is 2. The van der Waals surface area contributed by atoms with Crippen LogP contribution in [-0.2, 0) is 9.53 Å². The Morgan fingerprint density at radius 2 is 1.83 bits per heavy atom. The van der Waals surface area contributed by atoms with Gasteiger partial charge in [0.1, 0.15) is 6.54 Å². The van der Waals surface area contributed by atoms with Crippen LogP contribution < -0.4 is 10.6 Å². The van der Waals surface area contributed by atoms with Crippen molar-refractivity contribution in [3.8, 4) is 0 Å². The van der Waals surface area contributed by atoms with Crippen molar-refractivity contribution in [3.05, 3.63) is 29.8 Å². The zero-order valence-corrected chi connectivity index (χ0v) is 12.9. The van der Waals surface area contributed by atoms with E-state index in [1.165, 1.54) is 0 Å². The van der Waals surface area contributed by atoms with Crippen LogP contribution in [0.15, 0.2) is 24.3 Å². The highest BCUT2D eigenvalue weighted by atomic mass is 19.4. The lowest BCUT2D eigenvalue weighted by atomic mass is 10.1. The predicted octanol–water partition coefficient (Wildman–Crippen LogP) is 1.25. The fourth-order valence-corrected chi connectivity index (χ4v) is 2.20. The summed E-state index contributed by atoms with van der Waals surface area (Å²) in [4.78, 5) is 25.6. The van der Waals surface area contributed by atoms with Crippen LogP contribution in [0.2, 0.25) is 0 Å². The van der Waals surface area contributed by atoms with Crippen molar-refractivity contribution < 1.29 is 27.5 Å². The van der Waals surface area contributed by atoms with Crippen LogP contribution in [0.4, 0.5) is 18.9 Å². The number of hydrogen-bond acceptors (Lipinski definition) is 4. The number of alkyl halides is 3. The van der Waals surface area contributed by atoms with Crippen LogP contribution in [0.3, 0.4) is 0 Å². The van der Waals surface area contributed by atoms with E-state index in [1.807, 2.05) is 0 Å². The van der Waals surface area contributed by atoms with Gasteiger partial charge in [-0.3, -0.25) is 9.59 Å². The number of carbonyl (C=O) groups is 2. The largest absolute Gasteiger partial charge is 0.405 e. The molecule has 1 aliphatic heterocycles. The zero-order valence-electron chi connectivity index (χ0n) is 12.9. The number of benzene rings is 1. The minimum absolute atomic E-state index is 0.211. The highest BCUT2D eigenvalue weighted by molar-refractivity contribution is 6.00. The molecule has 0 spiro atoms. The van der Waals surface area contributed by atoms with Crippen LogP contribution in [0.1, 0.15) is 10.4 Å². The topological polar surface area (TPSA) is 70.7 Å². The van der Waals surface area contributed by atoms with Crippen molar-refractivity contribution in [2.24, 2.45) is 0 Å². The molecule has 2 rings (SSSR count). The zero-order chi connectivity index (χ0) is 17.6. The van der Waals surface area contributed by atoms with Crippen molar-refractivity contribution in [1.29, 1.82) is 0 Å². The maximum atomic E-state index is 12.5. The SMILES string of the molecule is O=C(CNc1ccccc1C(=O)N1CCOCC1)NCC(F)(F)F. The smallest absolute Gasteiger partial charge is 0.378 e. The van der Waals surface area contributed by atoms with E-state index in [0.29, 0.717) is 37.6 Å². The van der Waals surface area contributed by atoms with Gasteiger partial charge >= 0.3 is 6.18 Å². The fraction of sp³-hybridized carbons (Fsp3) is 0.467. The third-order valence-electron chi connectivity index (χ3n) is 3.38. The highest BCUT2D eigenvalue weighted by Gasteiger charge is 2.27. The van der Waals surface area contributed by atoms with Gasteiger partial charge in [0.05, 0.1) is 25.3 Å². The molecule has 0 aliphatic carbocycles. The summed E-state index contributed by atoms with van der Waals surface area (Å²) >= 11 is 0. The molecule has 2 amide bonds. The van der Waals surface area contributed by atoms with E-state index in [-0.39, 0.29) is 12.5 Å². The van der Waals surface area contributed by atoms with Gasteiger partial charge in [-0.05, 0) is 12.1 Å². The number of amides is 2. The molecule has 132 valence electrons. The average molecular weight is 345 g/mol. The number of ether oxygens (including phenoxy) is 1. The first-order valence-electron chi connectivity index (χ1n) is 7.40. The van der Waals surface area contributed by atoms with Gasteiger partial charge in [-0.2, -0.15) is 13.2 Å². The second-order valence-corrected chi connectivity index (χ2v) is 5.20. The summed E-state index contributed by atoms with van der Waals surface area (Å²) in [6.45, 7) is 0.117. The highest BCUT2D eigenvalue weighted by Crippen LogP contribution is 2.18. The van der Waals surface area contributed by atoms with Gasteiger partial charge in [-0.15, -0.1) is 0 Å². The van der Waals surface area contributed by atoms with E-state index < -0.39 is 18.6 Å². The van der Waals surface area contributed by atoms with Gasteiger partial charge in [0.15, 0.2) is 0 Å². The van der Waals surface area contributed by atoms with E-state index >= 15 is 0 Å².